The molecule has 0 radical (unpaired) electrons. The lowest BCUT2D eigenvalue weighted by atomic mass is 9.87. The molecule has 2 amide bonds. The number of rotatable bonds is 4. The molecule has 0 bridgehead atoms. The van der Waals surface area contributed by atoms with E-state index in [2.05, 4.69) is 5.10 Å². The quantitative estimate of drug-likeness (QED) is 0.798. The van der Waals surface area contributed by atoms with Crippen molar-refractivity contribution in [3.63, 3.8) is 0 Å². The first-order valence-electron chi connectivity index (χ1n) is 10.3. The number of hydrogen-bond donors (Lipinski definition) is 0. The molecule has 3 heterocycles. The molecule has 1 aromatic heterocycles. The van der Waals surface area contributed by atoms with Gasteiger partial charge in [0.2, 0.25) is 11.8 Å². The third kappa shape index (κ3) is 3.03. The Morgan fingerprint density at radius 3 is 2.45 bits per heavy atom. The summed E-state index contributed by atoms with van der Waals surface area (Å²) in [5.74, 6) is -0.252. The van der Waals surface area contributed by atoms with E-state index in [0.29, 0.717) is 13.1 Å². The molecule has 2 saturated heterocycles. The number of amides is 2. The lowest BCUT2D eigenvalue weighted by molar-refractivity contribution is -0.141. The summed E-state index contributed by atoms with van der Waals surface area (Å²) in [5.41, 5.74) is 3.04. The number of carbonyl (C=O) groups excluding carboxylic acids is 2. The zero-order valence-corrected chi connectivity index (χ0v) is 16.7. The SMILES string of the molecule is Cc1c([C@@H]2[C@@H](C(=O)N3CC(c4ccc(F)cc4)C3)CC(=O)N2C2CC2)cnn1C. The molecule has 2 aliphatic heterocycles. The van der Waals surface area contributed by atoms with Gasteiger partial charge >= 0.3 is 0 Å². The molecule has 0 N–H and O–H groups in total. The van der Waals surface area contributed by atoms with Gasteiger partial charge in [-0.2, -0.15) is 5.10 Å². The standard InChI is InChI=1S/C22H25FN4O2/c1-13-19(10-24-25(13)2)21-18(9-20(28)27(21)17-7-8-17)22(29)26-11-15(12-26)14-3-5-16(23)6-4-14/h3-6,10,15,17-18,21H,7-9,11-12H2,1-2H3/t18-,21-/m0/s1. The molecule has 1 aliphatic carbocycles. The summed E-state index contributed by atoms with van der Waals surface area (Å²) in [4.78, 5) is 30.0. The molecular weight excluding hydrogens is 371 g/mol. The Morgan fingerprint density at radius 1 is 1.17 bits per heavy atom. The summed E-state index contributed by atoms with van der Waals surface area (Å²) in [6, 6.07) is 6.54. The predicted molar refractivity (Wildman–Crippen MR) is 104 cm³/mol. The number of likely N-dealkylation sites (tertiary alicyclic amines) is 2. The van der Waals surface area contributed by atoms with Gasteiger partial charge in [0.15, 0.2) is 0 Å². The van der Waals surface area contributed by atoms with E-state index in [0.717, 1.165) is 29.7 Å². The van der Waals surface area contributed by atoms with E-state index in [1.807, 2.05) is 30.0 Å². The molecule has 6 nitrogen and oxygen atoms in total. The third-order valence-electron chi connectivity index (χ3n) is 6.75. The molecule has 1 saturated carbocycles. The lowest BCUT2D eigenvalue weighted by Crippen LogP contribution is -2.51. The zero-order valence-electron chi connectivity index (χ0n) is 16.7. The summed E-state index contributed by atoms with van der Waals surface area (Å²) >= 11 is 0. The van der Waals surface area contributed by atoms with Gasteiger partial charge in [-0.05, 0) is 37.5 Å². The van der Waals surface area contributed by atoms with Crippen LogP contribution in [0.1, 0.15) is 48.0 Å². The fourth-order valence-corrected chi connectivity index (χ4v) is 4.77. The zero-order chi connectivity index (χ0) is 20.3. The number of halogens is 1. The number of nitrogens with zero attached hydrogens (tertiary/aromatic N) is 4. The molecule has 5 rings (SSSR count). The molecule has 29 heavy (non-hydrogen) atoms. The molecule has 7 heteroatoms. The molecule has 2 aromatic rings. The first-order valence-corrected chi connectivity index (χ1v) is 10.3. The molecule has 3 aliphatic rings. The van der Waals surface area contributed by atoms with Crippen LogP contribution in [0.4, 0.5) is 4.39 Å². The van der Waals surface area contributed by atoms with Gasteiger partial charge in [-0.25, -0.2) is 4.39 Å². The topological polar surface area (TPSA) is 58.4 Å². The summed E-state index contributed by atoms with van der Waals surface area (Å²) in [6.07, 6.45) is 4.11. The van der Waals surface area contributed by atoms with E-state index in [9.17, 15) is 14.0 Å². The summed E-state index contributed by atoms with van der Waals surface area (Å²) in [6.45, 7) is 3.24. The van der Waals surface area contributed by atoms with Crippen LogP contribution in [-0.2, 0) is 16.6 Å². The predicted octanol–water partition coefficient (Wildman–Crippen LogP) is 2.55. The van der Waals surface area contributed by atoms with Crippen molar-refractivity contribution in [2.75, 3.05) is 13.1 Å². The monoisotopic (exact) mass is 396 g/mol. The molecule has 1 aromatic carbocycles. The minimum absolute atomic E-state index is 0.0492. The van der Waals surface area contributed by atoms with Crippen molar-refractivity contribution >= 4 is 11.8 Å². The lowest BCUT2D eigenvalue weighted by Gasteiger charge is -2.42. The van der Waals surface area contributed by atoms with Gasteiger partial charge in [0, 0.05) is 49.8 Å². The smallest absolute Gasteiger partial charge is 0.228 e. The van der Waals surface area contributed by atoms with E-state index in [1.54, 1.807) is 16.8 Å². The van der Waals surface area contributed by atoms with Gasteiger partial charge in [0.25, 0.3) is 0 Å². The van der Waals surface area contributed by atoms with Gasteiger partial charge in [-0.3, -0.25) is 14.3 Å². The normalized spacial score (nSPS) is 24.9. The Kier molecular flexibility index (Phi) is 4.22. The average molecular weight is 396 g/mol. The van der Waals surface area contributed by atoms with Crippen LogP contribution >= 0.6 is 0 Å². The van der Waals surface area contributed by atoms with E-state index in [4.69, 9.17) is 0 Å². The number of benzene rings is 1. The van der Waals surface area contributed by atoms with E-state index in [1.165, 1.54) is 12.1 Å². The van der Waals surface area contributed by atoms with Crippen molar-refractivity contribution in [1.82, 2.24) is 19.6 Å². The largest absolute Gasteiger partial charge is 0.341 e. The van der Waals surface area contributed by atoms with Crippen LogP contribution in [0.5, 0.6) is 0 Å². The summed E-state index contributed by atoms with van der Waals surface area (Å²) in [7, 11) is 1.89. The molecule has 0 unspecified atom stereocenters. The number of carbonyl (C=O) groups is 2. The third-order valence-corrected chi connectivity index (χ3v) is 6.75. The Hall–Kier alpha value is -2.70. The van der Waals surface area contributed by atoms with Crippen LogP contribution in [0.15, 0.2) is 30.5 Å². The highest BCUT2D eigenvalue weighted by Crippen LogP contribution is 2.47. The van der Waals surface area contributed by atoms with Crippen molar-refractivity contribution in [3.8, 4) is 0 Å². The van der Waals surface area contributed by atoms with Gasteiger partial charge < -0.3 is 9.80 Å². The molecule has 3 fully saturated rings. The van der Waals surface area contributed by atoms with Crippen molar-refractivity contribution < 1.29 is 14.0 Å². The number of aryl methyl sites for hydroxylation is 1. The van der Waals surface area contributed by atoms with Gasteiger partial charge in [0.1, 0.15) is 5.82 Å². The Labute approximate surface area is 169 Å². The van der Waals surface area contributed by atoms with Crippen LogP contribution in [0, 0.1) is 18.7 Å². The first kappa shape index (κ1) is 18.3. The molecule has 2 atom stereocenters. The number of hydrogen-bond acceptors (Lipinski definition) is 3. The highest BCUT2D eigenvalue weighted by Gasteiger charge is 2.52. The van der Waals surface area contributed by atoms with E-state index >= 15 is 0 Å². The average Bonchev–Trinajstić information content (AvgIpc) is 3.37. The maximum Gasteiger partial charge on any atom is 0.228 e. The molecule has 0 spiro atoms. The van der Waals surface area contributed by atoms with Crippen LogP contribution in [0.3, 0.4) is 0 Å². The van der Waals surface area contributed by atoms with Crippen LogP contribution < -0.4 is 0 Å². The fraction of sp³-hybridized carbons (Fsp3) is 0.500. The maximum absolute atomic E-state index is 13.4. The first-order chi connectivity index (χ1) is 13.9. The molecule has 152 valence electrons. The molecular formula is C22H25FN4O2. The van der Waals surface area contributed by atoms with E-state index < -0.39 is 0 Å². The number of aromatic nitrogens is 2. The highest BCUT2D eigenvalue weighted by molar-refractivity contribution is 5.91. The second-order valence-corrected chi connectivity index (χ2v) is 8.59. The summed E-state index contributed by atoms with van der Waals surface area (Å²) < 4.78 is 15.0. The van der Waals surface area contributed by atoms with Crippen molar-refractivity contribution in [1.29, 1.82) is 0 Å². The summed E-state index contributed by atoms with van der Waals surface area (Å²) in [5, 5.41) is 4.35. The second kappa shape index (κ2) is 6.68. The van der Waals surface area contributed by atoms with Crippen molar-refractivity contribution in [2.24, 2.45) is 13.0 Å². The Morgan fingerprint density at radius 2 is 1.86 bits per heavy atom. The van der Waals surface area contributed by atoms with Gasteiger partial charge in [-0.15, -0.1) is 0 Å². The van der Waals surface area contributed by atoms with Gasteiger partial charge in [0.05, 0.1) is 18.2 Å². The minimum Gasteiger partial charge on any atom is -0.341 e. The van der Waals surface area contributed by atoms with Crippen LogP contribution in [-0.4, -0.2) is 50.5 Å². The van der Waals surface area contributed by atoms with Crippen molar-refractivity contribution in [2.45, 2.75) is 44.2 Å². The Balaban J connectivity index is 1.36. The van der Waals surface area contributed by atoms with Crippen LogP contribution in [0.2, 0.25) is 0 Å². The van der Waals surface area contributed by atoms with Crippen molar-refractivity contribution in [3.05, 3.63) is 53.1 Å². The van der Waals surface area contributed by atoms with E-state index in [-0.39, 0.29) is 48.0 Å². The Bertz CT molecular complexity index is 960. The fourth-order valence-electron chi connectivity index (χ4n) is 4.77. The maximum atomic E-state index is 13.4. The van der Waals surface area contributed by atoms with Gasteiger partial charge in [-0.1, -0.05) is 12.1 Å². The minimum atomic E-state index is -0.361. The highest BCUT2D eigenvalue weighted by atomic mass is 19.1. The second-order valence-electron chi connectivity index (χ2n) is 8.59. The van der Waals surface area contributed by atoms with Crippen LogP contribution in [0.25, 0.3) is 0 Å².